The van der Waals surface area contributed by atoms with E-state index in [2.05, 4.69) is 12.3 Å². The number of hydrogen-bond donors (Lipinski definition) is 1. The van der Waals surface area contributed by atoms with Crippen LogP contribution in [-0.2, 0) is 20.7 Å². The fourth-order valence-corrected chi connectivity index (χ4v) is 2.84. The highest BCUT2D eigenvalue weighted by molar-refractivity contribution is 6.03. The number of anilines is 1. The minimum atomic E-state index is -1.83. The lowest BCUT2D eigenvalue weighted by atomic mass is 10.0. The predicted octanol–water partition coefficient (Wildman–Crippen LogP) is 1.66. The Kier molecular flexibility index (Phi) is 4.71. The van der Waals surface area contributed by atoms with E-state index in [4.69, 9.17) is 9.47 Å². The Balaban J connectivity index is 2.43. The molecule has 0 saturated heterocycles. The molecule has 0 radical (unpaired) electrons. The van der Waals surface area contributed by atoms with Crippen LogP contribution in [0.2, 0.25) is 0 Å². The number of nitrogens with zero attached hydrogens (tertiary/aromatic N) is 1. The lowest BCUT2D eigenvalue weighted by Crippen LogP contribution is -2.52. The number of fused-ring (bicyclic) bond motifs is 1. The number of methoxy groups -OCH3 is 2. The third kappa shape index (κ3) is 2.66. The molecule has 1 heterocycles. The second-order valence-corrected chi connectivity index (χ2v) is 5.40. The van der Waals surface area contributed by atoms with Gasteiger partial charge in [0.05, 0.1) is 19.8 Å². The van der Waals surface area contributed by atoms with Crippen molar-refractivity contribution < 1.29 is 19.4 Å². The summed E-state index contributed by atoms with van der Waals surface area (Å²) in [5, 5.41) is 10.6. The Hall–Kier alpha value is -2.07. The number of amides is 1. The summed E-state index contributed by atoms with van der Waals surface area (Å²) in [5.41, 5.74) is 2.49. The van der Waals surface area contributed by atoms with Crippen molar-refractivity contribution in [1.29, 1.82) is 0 Å². The maximum atomic E-state index is 12.9. The van der Waals surface area contributed by atoms with Crippen molar-refractivity contribution in [3.05, 3.63) is 47.9 Å². The van der Waals surface area contributed by atoms with E-state index in [0.29, 0.717) is 13.0 Å². The molecular formula is C17H21NO4. The summed E-state index contributed by atoms with van der Waals surface area (Å²) in [7, 11) is 2.97. The highest BCUT2D eigenvalue weighted by Crippen LogP contribution is 2.35. The van der Waals surface area contributed by atoms with Crippen LogP contribution in [0.3, 0.4) is 0 Å². The van der Waals surface area contributed by atoms with Crippen molar-refractivity contribution in [1.82, 2.24) is 0 Å². The molecule has 2 atom stereocenters. The maximum absolute atomic E-state index is 12.9. The van der Waals surface area contributed by atoms with E-state index in [-0.39, 0.29) is 11.8 Å². The van der Waals surface area contributed by atoms with Gasteiger partial charge in [0.15, 0.2) is 5.76 Å². The second kappa shape index (κ2) is 6.36. The van der Waals surface area contributed by atoms with Gasteiger partial charge in [-0.25, -0.2) is 0 Å². The quantitative estimate of drug-likeness (QED) is 0.664. The van der Waals surface area contributed by atoms with E-state index in [0.717, 1.165) is 11.3 Å². The van der Waals surface area contributed by atoms with E-state index >= 15 is 0 Å². The van der Waals surface area contributed by atoms with Crippen LogP contribution in [0, 0.1) is 0 Å². The zero-order valence-corrected chi connectivity index (χ0v) is 13.1. The highest BCUT2D eigenvalue weighted by Gasteiger charge is 2.45. The van der Waals surface area contributed by atoms with Gasteiger partial charge >= 0.3 is 0 Å². The van der Waals surface area contributed by atoms with Gasteiger partial charge < -0.3 is 19.5 Å². The molecule has 22 heavy (non-hydrogen) atoms. The van der Waals surface area contributed by atoms with Crippen LogP contribution in [0.25, 0.3) is 0 Å². The Morgan fingerprint density at radius 1 is 1.50 bits per heavy atom. The maximum Gasteiger partial charge on any atom is 0.267 e. The predicted molar refractivity (Wildman–Crippen MR) is 83.6 cm³/mol. The minimum Gasteiger partial charge on any atom is -0.489 e. The Morgan fingerprint density at radius 2 is 2.18 bits per heavy atom. The summed E-state index contributed by atoms with van der Waals surface area (Å²) in [6.07, 6.45) is 0.686. The molecule has 2 rings (SSSR count). The summed E-state index contributed by atoms with van der Waals surface area (Å²) in [6.45, 7) is 5.24. The number of carbonyl (C=O) groups excluding carboxylic acids is 1. The minimum absolute atomic E-state index is 0.00181. The normalized spacial score (nSPS) is 19.1. The van der Waals surface area contributed by atoms with Gasteiger partial charge in [-0.2, -0.15) is 0 Å². The van der Waals surface area contributed by atoms with Crippen molar-refractivity contribution >= 4 is 11.6 Å². The van der Waals surface area contributed by atoms with Gasteiger partial charge in [-0.3, -0.25) is 4.79 Å². The van der Waals surface area contributed by atoms with Crippen molar-refractivity contribution in [3.8, 4) is 0 Å². The molecule has 118 valence electrons. The number of ether oxygens (including phenoxy) is 2. The largest absolute Gasteiger partial charge is 0.489 e. The number of para-hydroxylation sites is 1. The smallest absolute Gasteiger partial charge is 0.267 e. The average molecular weight is 303 g/mol. The molecule has 0 aromatic heterocycles. The monoisotopic (exact) mass is 303 g/mol. The summed E-state index contributed by atoms with van der Waals surface area (Å²) >= 11 is 0. The summed E-state index contributed by atoms with van der Waals surface area (Å²) < 4.78 is 10.3. The molecule has 5 nitrogen and oxygen atoms in total. The van der Waals surface area contributed by atoms with Crippen LogP contribution >= 0.6 is 0 Å². The van der Waals surface area contributed by atoms with E-state index in [1.54, 1.807) is 12.0 Å². The van der Waals surface area contributed by atoms with Crippen molar-refractivity contribution in [2.24, 2.45) is 0 Å². The molecule has 0 aliphatic carbocycles. The van der Waals surface area contributed by atoms with Crippen LogP contribution in [0.15, 0.2) is 42.3 Å². The van der Waals surface area contributed by atoms with Gasteiger partial charge in [0, 0.05) is 12.8 Å². The van der Waals surface area contributed by atoms with Crippen LogP contribution in [0.5, 0.6) is 0 Å². The van der Waals surface area contributed by atoms with Gasteiger partial charge in [-0.05, 0) is 25.0 Å². The molecule has 1 aromatic rings. The molecule has 1 aliphatic rings. The third-order valence-electron chi connectivity index (χ3n) is 3.87. The van der Waals surface area contributed by atoms with Crippen LogP contribution in [-0.4, -0.2) is 43.5 Å². The summed E-state index contributed by atoms with van der Waals surface area (Å²) in [4.78, 5) is 14.5. The molecule has 1 amide bonds. The first kappa shape index (κ1) is 16.3. The van der Waals surface area contributed by atoms with Crippen molar-refractivity contribution in [2.45, 2.75) is 25.0 Å². The van der Waals surface area contributed by atoms with Gasteiger partial charge in [-0.1, -0.05) is 30.5 Å². The zero-order valence-electron chi connectivity index (χ0n) is 13.1. The Labute approximate surface area is 130 Å². The van der Waals surface area contributed by atoms with Crippen molar-refractivity contribution in [2.75, 3.05) is 25.7 Å². The lowest BCUT2D eigenvalue weighted by molar-refractivity contribution is -0.135. The van der Waals surface area contributed by atoms with Gasteiger partial charge in [0.2, 0.25) is 5.60 Å². The first-order chi connectivity index (χ1) is 10.5. The number of carbonyl (C=O) groups is 1. The first-order valence-electron chi connectivity index (χ1n) is 7.04. The molecule has 0 bridgehead atoms. The fraction of sp³-hybridized carbons (Fsp3) is 0.412. The number of aliphatic hydroxyl groups is 1. The molecule has 1 aliphatic heterocycles. The fourth-order valence-electron chi connectivity index (χ4n) is 2.84. The molecule has 1 N–H and O–H groups in total. The number of rotatable bonds is 5. The molecule has 0 spiro atoms. The van der Waals surface area contributed by atoms with Crippen LogP contribution < -0.4 is 4.90 Å². The van der Waals surface area contributed by atoms with Crippen LogP contribution in [0.1, 0.15) is 12.5 Å². The molecule has 0 unspecified atom stereocenters. The number of hydrogen-bond acceptors (Lipinski definition) is 4. The number of benzene rings is 1. The van der Waals surface area contributed by atoms with E-state index in [9.17, 15) is 9.90 Å². The van der Waals surface area contributed by atoms with Gasteiger partial charge in [-0.15, -0.1) is 0 Å². The average Bonchev–Trinajstić information content (AvgIpc) is 2.85. The van der Waals surface area contributed by atoms with E-state index in [1.807, 2.05) is 24.3 Å². The zero-order chi connectivity index (χ0) is 16.3. The van der Waals surface area contributed by atoms with Crippen LogP contribution in [0.4, 0.5) is 5.69 Å². The Morgan fingerprint density at radius 3 is 2.77 bits per heavy atom. The molecule has 0 saturated carbocycles. The molecule has 0 fully saturated rings. The SMILES string of the molecule is C=C=C(OC)[C@@](C)(O)C(=O)N1c2ccccc2C[C@H]1COC. The molecule has 1 aromatic carbocycles. The van der Waals surface area contributed by atoms with Gasteiger partial charge in [0.1, 0.15) is 0 Å². The molecule has 5 heteroatoms. The summed E-state index contributed by atoms with van der Waals surface area (Å²) in [5.74, 6) is -0.481. The Bertz CT molecular complexity index is 617. The van der Waals surface area contributed by atoms with E-state index < -0.39 is 11.5 Å². The second-order valence-electron chi connectivity index (χ2n) is 5.40. The lowest BCUT2D eigenvalue weighted by Gasteiger charge is -2.32. The molecular weight excluding hydrogens is 282 g/mol. The van der Waals surface area contributed by atoms with Gasteiger partial charge in [0.25, 0.3) is 5.91 Å². The van der Waals surface area contributed by atoms with Crippen molar-refractivity contribution in [3.63, 3.8) is 0 Å². The third-order valence-corrected chi connectivity index (χ3v) is 3.87. The van der Waals surface area contributed by atoms with E-state index in [1.165, 1.54) is 14.0 Å². The topological polar surface area (TPSA) is 59.0 Å². The summed E-state index contributed by atoms with van der Waals surface area (Å²) in [6, 6.07) is 7.47. The highest BCUT2D eigenvalue weighted by atomic mass is 16.5. The standard InChI is InChI=1S/C17H21NO4/c1-5-15(22-4)17(2,20)16(19)18-13(11-21-3)10-12-8-6-7-9-14(12)18/h6-9,13,20H,1,10-11H2,2-4H3/t13-,17+/m0/s1. The first-order valence-corrected chi connectivity index (χ1v) is 7.04.